The fourth-order valence-electron chi connectivity index (χ4n) is 1.38. The Morgan fingerprint density at radius 1 is 0.286 bits per heavy atom. The standard InChI is InChI=1S/C11H24.C4H10.6CH4/c1-3-5-7-9-11-10-8-6-4-2;1-3-4-2;;;;;;/h3-11H2,1-2H3;3-4H2,1-2H3;6*1H4. The van der Waals surface area contributed by atoms with Gasteiger partial charge in [-0.25, -0.2) is 0 Å². The fourth-order valence-corrected chi connectivity index (χ4v) is 1.38. The molecular formula is C21H58. The highest BCUT2D eigenvalue weighted by Crippen LogP contribution is 2.08. The summed E-state index contributed by atoms with van der Waals surface area (Å²) in [5.41, 5.74) is 0. The maximum Gasteiger partial charge on any atom is -0.0533 e. The Morgan fingerprint density at radius 2 is 0.476 bits per heavy atom. The smallest absolute Gasteiger partial charge is 0.0533 e. The summed E-state index contributed by atoms with van der Waals surface area (Å²) in [7, 11) is 0. The first-order valence-corrected chi connectivity index (χ1v) is 7.33. The van der Waals surface area contributed by atoms with Crippen LogP contribution in [0.4, 0.5) is 0 Å². The Hall–Kier alpha value is 0. The van der Waals surface area contributed by atoms with E-state index in [4.69, 9.17) is 0 Å². The molecule has 0 unspecified atom stereocenters. The first-order valence-electron chi connectivity index (χ1n) is 7.33. The van der Waals surface area contributed by atoms with Crippen LogP contribution in [0, 0.1) is 0 Å². The molecule has 0 aromatic rings. The van der Waals surface area contributed by atoms with Crippen molar-refractivity contribution in [3.05, 3.63) is 0 Å². The summed E-state index contributed by atoms with van der Waals surface area (Å²) < 4.78 is 0. The highest BCUT2D eigenvalue weighted by atomic mass is 13.9. The first-order chi connectivity index (χ1) is 7.33. The highest BCUT2D eigenvalue weighted by Gasteiger charge is 1.88. The number of hydrogen-bond acceptors (Lipinski definition) is 0. The van der Waals surface area contributed by atoms with E-state index >= 15 is 0 Å². The van der Waals surface area contributed by atoms with E-state index in [9.17, 15) is 0 Å². The van der Waals surface area contributed by atoms with Gasteiger partial charge in [0.15, 0.2) is 0 Å². The van der Waals surface area contributed by atoms with E-state index in [0.717, 1.165) is 0 Å². The molecular weight excluding hydrogens is 252 g/mol. The molecule has 0 fully saturated rings. The second-order valence-corrected chi connectivity index (χ2v) is 4.47. The van der Waals surface area contributed by atoms with Crippen LogP contribution in [0.5, 0.6) is 0 Å². The van der Waals surface area contributed by atoms with Crippen LogP contribution in [0.3, 0.4) is 0 Å². The van der Waals surface area contributed by atoms with Gasteiger partial charge in [0, 0.05) is 0 Å². The van der Waals surface area contributed by atoms with Gasteiger partial charge in [0.25, 0.3) is 0 Å². The number of rotatable bonds is 9. The van der Waals surface area contributed by atoms with Crippen molar-refractivity contribution in [2.45, 2.75) is 143 Å². The lowest BCUT2D eigenvalue weighted by Gasteiger charge is -1.98. The van der Waals surface area contributed by atoms with E-state index in [-0.39, 0.29) is 44.6 Å². The van der Waals surface area contributed by atoms with Gasteiger partial charge in [-0.2, -0.15) is 0 Å². The van der Waals surface area contributed by atoms with Crippen molar-refractivity contribution in [3.63, 3.8) is 0 Å². The fraction of sp³-hybridized carbons (Fsp3) is 1.00. The Morgan fingerprint density at radius 3 is 0.619 bits per heavy atom. The molecule has 0 radical (unpaired) electrons. The van der Waals surface area contributed by atoms with Gasteiger partial charge >= 0.3 is 0 Å². The van der Waals surface area contributed by atoms with Crippen LogP contribution in [0.15, 0.2) is 0 Å². The molecule has 0 amide bonds. The molecule has 0 N–H and O–H groups in total. The lowest BCUT2D eigenvalue weighted by atomic mass is 10.1. The van der Waals surface area contributed by atoms with Crippen LogP contribution in [0.2, 0.25) is 0 Å². The van der Waals surface area contributed by atoms with Crippen molar-refractivity contribution in [1.29, 1.82) is 0 Å². The molecule has 142 valence electrons. The quantitative estimate of drug-likeness (QED) is 0.371. The summed E-state index contributed by atoms with van der Waals surface area (Å²) in [6.07, 6.45) is 15.6. The predicted molar refractivity (Wildman–Crippen MR) is 114 cm³/mol. The van der Waals surface area contributed by atoms with Crippen molar-refractivity contribution in [2.75, 3.05) is 0 Å². The van der Waals surface area contributed by atoms with Crippen LogP contribution in [0.25, 0.3) is 0 Å². The molecule has 0 saturated heterocycles. The zero-order valence-corrected chi connectivity index (χ0v) is 11.8. The Bertz CT molecular complexity index is 66.1. The minimum atomic E-state index is 0. The molecule has 0 rings (SSSR count). The summed E-state index contributed by atoms with van der Waals surface area (Å²) in [5.74, 6) is 0. The topological polar surface area (TPSA) is 0 Å². The van der Waals surface area contributed by atoms with Crippen LogP contribution >= 0.6 is 0 Å². The van der Waals surface area contributed by atoms with Crippen molar-refractivity contribution in [1.82, 2.24) is 0 Å². The summed E-state index contributed by atoms with van der Waals surface area (Å²) in [6, 6.07) is 0. The lowest BCUT2D eigenvalue weighted by molar-refractivity contribution is 0.572. The third-order valence-corrected chi connectivity index (χ3v) is 2.71. The maximum absolute atomic E-state index is 2.27. The molecule has 0 nitrogen and oxygen atoms in total. The van der Waals surface area contributed by atoms with Gasteiger partial charge in [-0.1, -0.05) is 143 Å². The van der Waals surface area contributed by atoms with E-state index in [1.807, 2.05) is 0 Å². The molecule has 0 aromatic heterocycles. The van der Waals surface area contributed by atoms with E-state index in [2.05, 4.69) is 27.7 Å². The van der Waals surface area contributed by atoms with Gasteiger partial charge in [0.05, 0.1) is 0 Å². The number of hydrogen-bond donors (Lipinski definition) is 0. The van der Waals surface area contributed by atoms with Crippen molar-refractivity contribution in [3.8, 4) is 0 Å². The van der Waals surface area contributed by atoms with Gasteiger partial charge in [0.2, 0.25) is 0 Å². The maximum atomic E-state index is 2.27. The molecule has 0 heteroatoms. The summed E-state index contributed by atoms with van der Waals surface area (Å²) in [4.78, 5) is 0. The highest BCUT2D eigenvalue weighted by molar-refractivity contribution is 4.44. The van der Waals surface area contributed by atoms with Gasteiger partial charge in [-0.3, -0.25) is 0 Å². The summed E-state index contributed by atoms with van der Waals surface area (Å²) >= 11 is 0. The van der Waals surface area contributed by atoms with Crippen LogP contribution in [-0.4, -0.2) is 0 Å². The third kappa shape index (κ3) is 80.0. The van der Waals surface area contributed by atoms with E-state index in [1.54, 1.807) is 0 Å². The molecule has 0 aliphatic heterocycles. The van der Waals surface area contributed by atoms with Crippen LogP contribution < -0.4 is 0 Å². The van der Waals surface area contributed by atoms with E-state index < -0.39 is 0 Å². The second kappa shape index (κ2) is 59.7. The Kier molecular flexibility index (Phi) is 141. The van der Waals surface area contributed by atoms with Gasteiger partial charge in [0.1, 0.15) is 0 Å². The van der Waals surface area contributed by atoms with Crippen LogP contribution in [0.1, 0.15) is 143 Å². The average molecular weight is 311 g/mol. The SMILES string of the molecule is C.C.C.C.C.C.CCCC.CCCCCCCCCCC. The Labute approximate surface area is 143 Å². The monoisotopic (exact) mass is 310 g/mol. The van der Waals surface area contributed by atoms with Crippen molar-refractivity contribution in [2.24, 2.45) is 0 Å². The normalized spacial score (nSPS) is 6.86. The average Bonchev–Trinajstić information content (AvgIpc) is 2.28. The minimum Gasteiger partial charge on any atom is -0.0776 e. The summed E-state index contributed by atoms with van der Waals surface area (Å²) in [5, 5.41) is 0. The molecule has 0 aliphatic rings. The predicted octanol–water partition coefficient (Wildman–Crippen LogP) is 10.2. The van der Waals surface area contributed by atoms with E-state index in [0.29, 0.717) is 0 Å². The molecule has 0 aliphatic carbocycles. The molecule has 0 heterocycles. The third-order valence-electron chi connectivity index (χ3n) is 2.71. The van der Waals surface area contributed by atoms with Gasteiger partial charge < -0.3 is 0 Å². The molecule has 0 saturated carbocycles. The van der Waals surface area contributed by atoms with Crippen molar-refractivity contribution < 1.29 is 0 Å². The second-order valence-electron chi connectivity index (χ2n) is 4.47. The van der Waals surface area contributed by atoms with Gasteiger partial charge in [-0.05, 0) is 0 Å². The minimum absolute atomic E-state index is 0. The van der Waals surface area contributed by atoms with Crippen LogP contribution in [-0.2, 0) is 0 Å². The van der Waals surface area contributed by atoms with Gasteiger partial charge in [-0.15, -0.1) is 0 Å². The molecule has 0 spiro atoms. The molecule has 21 heavy (non-hydrogen) atoms. The van der Waals surface area contributed by atoms with Crippen molar-refractivity contribution >= 4 is 0 Å². The lowest BCUT2D eigenvalue weighted by Crippen LogP contribution is -1.79. The molecule has 0 bridgehead atoms. The number of unbranched alkanes of at least 4 members (excludes halogenated alkanes) is 9. The van der Waals surface area contributed by atoms with E-state index in [1.165, 1.54) is 70.6 Å². The Balaban J connectivity index is -0.0000000255. The molecule has 0 aromatic carbocycles. The zero-order valence-electron chi connectivity index (χ0n) is 11.8. The molecule has 0 atom stereocenters. The first kappa shape index (κ1) is 49.7. The largest absolute Gasteiger partial charge is 0.0776 e. The summed E-state index contributed by atoms with van der Waals surface area (Å²) in [6.45, 7) is 8.91. The zero-order chi connectivity index (χ0) is 11.8.